The maximum absolute atomic E-state index is 13.3. The van der Waals surface area contributed by atoms with E-state index in [2.05, 4.69) is 5.92 Å². The minimum atomic E-state index is -3.08. The molecule has 0 aromatic heterocycles. The zero-order valence-corrected chi connectivity index (χ0v) is 13.4. The van der Waals surface area contributed by atoms with Crippen molar-refractivity contribution in [2.24, 2.45) is 5.92 Å². The molecule has 0 radical (unpaired) electrons. The first-order valence-corrected chi connectivity index (χ1v) is 9.43. The van der Waals surface area contributed by atoms with Gasteiger partial charge < -0.3 is 4.90 Å². The molecule has 1 amide bonds. The summed E-state index contributed by atoms with van der Waals surface area (Å²) in [6.45, 7) is 0.116. The lowest BCUT2D eigenvalue weighted by Gasteiger charge is -2.26. The van der Waals surface area contributed by atoms with Crippen LogP contribution < -0.4 is 0 Å². The second-order valence-electron chi connectivity index (χ2n) is 6.23. The van der Waals surface area contributed by atoms with E-state index in [-0.39, 0.29) is 47.7 Å². The fourth-order valence-electron chi connectivity index (χ4n) is 3.29. The molecular weight excluding hydrogens is 317 g/mol. The molecule has 0 unspecified atom stereocenters. The first-order chi connectivity index (χ1) is 10.9. The van der Waals surface area contributed by atoms with E-state index in [9.17, 15) is 17.6 Å². The lowest BCUT2D eigenvalue weighted by molar-refractivity contribution is -0.133. The molecule has 6 heteroatoms. The SMILES string of the molecule is C#CCN(C(=O)[C@@H]1C[C@H]1c1cccc(F)c1)[C@H]1CCS(=O)(=O)C1. The summed E-state index contributed by atoms with van der Waals surface area (Å²) in [6, 6.07) is 5.93. The van der Waals surface area contributed by atoms with E-state index in [0.29, 0.717) is 12.8 Å². The second-order valence-corrected chi connectivity index (χ2v) is 8.46. The van der Waals surface area contributed by atoms with Gasteiger partial charge in [0.25, 0.3) is 0 Å². The van der Waals surface area contributed by atoms with Crippen LogP contribution in [-0.2, 0) is 14.6 Å². The maximum Gasteiger partial charge on any atom is 0.227 e. The van der Waals surface area contributed by atoms with E-state index in [4.69, 9.17) is 6.42 Å². The Balaban J connectivity index is 1.72. The van der Waals surface area contributed by atoms with Crippen molar-refractivity contribution in [2.75, 3.05) is 18.1 Å². The molecule has 23 heavy (non-hydrogen) atoms. The molecule has 1 aromatic rings. The van der Waals surface area contributed by atoms with Crippen molar-refractivity contribution in [3.05, 3.63) is 35.6 Å². The molecule has 4 nitrogen and oxygen atoms in total. The van der Waals surface area contributed by atoms with E-state index in [1.54, 1.807) is 6.07 Å². The first-order valence-electron chi connectivity index (χ1n) is 7.61. The van der Waals surface area contributed by atoms with Crippen molar-refractivity contribution in [2.45, 2.75) is 24.8 Å². The topological polar surface area (TPSA) is 54.5 Å². The van der Waals surface area contributed by atoms with Gasteiger partial charge in [0.1, 0.15) is 5.82 Å². The molecule has 0 spiro atoms. The highest BCUT2D eigenvalue weighted by Gasteiger charge is 2.47. The second kappa shape index (κ2) is 5.97. The van der Waals surface area contributed by atoms with Crippen LogP contribution >= 0.6 is 0 Å². The van der Waals surface area contributed by atoms with Gasteiger partial charge in [-0.2, -0.15) is 0 Å². The van der Waals surface area contributed by atoms with Crippen molar-refractivity contribution in [1.29, 1.82) is 0 Å². The van der Waals surface area contributed by atoms with Crippen molar-refractivity contribution in [3.8, 4) is 12.3 Å². The predicted octanol–water partition coefficient (Wildman–Crippen LogP) is 1.58. The number of nitrogens with zero attached hydrogens (tertiary/aromatic N) is 1. The summed E-state index contributed by atoms with van der Waals surface area (Å²) in [7, 11) is -3.08. The summed E-state index contributed by atoms with van der Waals surface area (Å²) in [5, 5.41) is 0. The summed E-state index contributed by atoms with van der Waals surface area (Å²) in [5.74, 6) is 1.87. The summed E-state index contributed by atoms with van der Waals surface area (Å²) >= 11 is 0. The number of carbonyl (C=O) groups is 1. The largest absolute Gasteiger partial charge is 0.327 e. The molecule has 0 bridgehead atoms. The Hall–Kier alpha value is -1.87. The van der Waals surface area contributed by atoms with Crippen LogP contribution in [0.25, 0.3) is 0 Å². The molecule has 2 fully saturated rings. The summed E-state index contributed by atoms with van der Waals surface area (Å²) in [4.78, 5) is 14.2. The normalized spacial score (nSPS) is 28.1. The molecular formula is C17H18FNO3S. The van der Waals surface area contributed by atoms with Gasteiger partial charge in [0, 0.05) is 12.0 Å². The number of terminal acetylenes is 1. The van der Waals surface area contributed by atoms with E-state index >= 15 is 0 Å². The number of carbonyl (C=O) groups excluding carboxylic acids is 1. The molecule has 1 aromatic carbocycles. The number of halogens is 1. The van der Waals surface area contributed by atoms with E-state index in [1.165, 1.54) is 17.0 Å². The third-order valence-corrected chi connectivity index (χ3v) is 6.33. The Labute approximate surface area is 135 Å². The van der Waals surface area contributed by atoms with Gasteiger partial charge in [0.15, 0.2) is 9.84 Å². The number of sulfone groups is 1. The number of hydrogen-bond acceptors (Lipinski definition) is 3. The van der Waals surface area contributed by atoms with Crippen molar-refractivity contribution >= 4 is 15.7 Å². The lowest BCUT2D eigenvalue weighted by Crippen LogP contribution is -2.42. The van der Waals surface area contributed by atoms with Crippen LogP contribution in [0.2, 0.25) is 0 Å². The lowest BCUT2D eigenvalue weighted by atomic mass is 10.1. The van der Waals surface area contributed by atoms with Gasteiger partial charge >= 0.3 is 0 Å². The average Bonchev–Trinajstić information content (AvgIpc) is 3.22. The summed E-state index contributed by atoms with van der Waals surface area (Å²) in [5.41, 5.74) is 0.808. The van der Waals surface area contributed by atoms with Crippen LogP contribution in [0.15, 0.2) is 24.3 Å². The van der Waals surface area contributed by atoms with Gasteiger partial charge in [0.05, 0.1) is 18.1 Å². The van der Waals surface area contributed by atoms with Crippen LogP contribution in [0.3, 0.4) is 0 Å². The summed E-state index contributed by atoms with van der Waals surface area (Å²) < 4.78 is 36.6. The minimum Gasteiger partial charge on any atom is -0.327 e. The monoisotopic (exact) mass is 335 g/mol. The van der Waals surface area contributed by atoms with Crippen molar-refractivity contribution in [3.63, 3.8) is 0 Å². The standard InChI is InChI=1S/C17H18FNO3S/c1-2-7-19(14-6-8-23(21,22)11-14)17(20)16-10-15(16)12-4-3-5-13(18)9-12/h1,3-5,9,14-16H,6-8,10-11H2/t14-,15-,16+/m0/s1. The van der Waals surface area contributed by atoms with E-state index in [1.807, 2.05) is 6.07 Å². The number of hydrogen-bond donors (Lipinski definition) is 0. The number of rotatable bonds is 4. The van der Waals surface area contributed by atoms with Crippen molar-refractivity contribution in [1.82, 2.24) is 4.90 Å². The van der Waals surface area contributed by atoms with E-state index < -0.39 is 9.84 Å². The zero-order chi connectivity index (χ0) is 16.6. The predicted molar refractivity (Wildman–Crippen MR) is 84.9 cm³/mol. The molecule has 1 saturated carbocycles. The van der Waals surface area contributed by atoms with Gasteiger partial charge in [-0.25, -0.2) is 12.8 Å². The highest BCUT2D eigenvalue weighted by atomic mass is 32.2. The molecule has 1 saturated heterocycles. The van der Waals surface area contributed by atoms with Crippen LogP contribution in [-0.4, -0.2) is 43.3 Å². The molecule has 3 atom stereocenters. The Morgan fingerprint density at radius 2 is 2.22 bits per heavy atom. The van der Waals surface area contributed by atoms with Crippen LogP contribution in [0.5, 0.6) is 0 Å². The quantitative estimate of drug-likeness (QED) is 0.785. The van der Waals surface area contributed by atoms with Crippen LogP contribution in [0, 0.1) is 24.1 Å². The maximum atomic E-state index is 13.3. The number of benzene rings is 1. The first kappa shape index (κ1) is 16.0. The molecule has 0 N–H and O–H groups in total. The van der Waals surface area contributed by atoms with Gasteiger partial charge in [-0.05, 0) is 36.5 Å². The minimum absolute atomic E-state index is 0.00325. The third-order valence-electron chi connectivity index (χ3n) is 4.58. The molecule has 1 aliphatic heterocycles. The third kappa shape index (κ3) is 3.40. The fraction of sp³-hybridized carbons (Fsp3) is 0.471. The van der Waals surface area contributed by atoms with Gasteiger partial charge in [-0.1, -0.05) is 18.1 Å². The van der Waals surface area contributed by atoms with Gasteiger partial charge in [-0.15, -0.1) is 6.42 Å². The Bertz CT molecular complexity index is 768. The molecule has 3 rings (SSSR count). The number of amides is 1. The molecule has 1 aliphatic carbocycles. The van der Waals surface area contributed by atoms with Crippen molar-refractivity contribution < 1.29 is 17.6 Å². The molecule has 1 heterocycles. The van der Waals surface area contributed by atoms with Gasteiger partial charge in [0.2, 0.25) is 5.91 Å². The highest BCUT2D eigenvalue weighted by molar-refractivity contribution is 7.91. The smallest absolute Gasteiger partial charge is 0.227 e. The Kier molecular flexibility index (Phi) is 4.15. The molecule has 122 valence electrons. The van der Waals surface area contributed by atoms with Gasteiger partial charge in [-0.3, -0.25) is 4.79 Å². The zero-order valence-electron chi connectivity index (χ0n) is 12.6. The highest BCUT2D eigenvalue weighted by Crippen LogP contribution is 2.49. The van der Waals surface area contributed by atoms with E-state index in [0.717, 1.165) is 5.56 Å². The van der Waals surface area contributed by atoms with Crippen LogP contribution in [0.4, 0.5) is 4.39 Å². The Morgan fingerprint density at radius 1 is 1.43 bits per heavy atom. The van der Waals surface area contributed by atoms with Crippen LogP contribution in [0.1, 0.15) is 24.3 Å². The molecule has 2 aliphatic rings. The Morgan fingerprint density at radius 3 is 2.83 bits per heavy atom. The fourth-order valence-corrected chi connectivity index (χ4v) is 5.02. The summed E-state index contributed by atoms with van der Waals surface area (Å²) in [6.07, 6.45) is 6.44. The average molecular weight is 335 g/mol.